The average Bonchev–Trinajstić information content (AvgIpc) is 3.36. The van der Waals surface area contributed by atoms with Gasteiger partial charge in [0.15, 0.2) is 17.3 Å². The molecule has 4 rings (SSSR count). The zero-order valence-electron chi connectivity index (χ0n) is 17.0. The van der Waals surface area contributed by atoms with Crippen LogP contribution < -0.4 is 11.2 Å². The van der Waals surface area contributed by atoms with Crippen LogP contribution in [-0.2, 0) is 43.0 Å². The fraction of sp³-hybridized carbons (Fsp3) is 0.381. The van der Waals surface area contributed by atoms with Gasteiger partial charge < -0.3 is 9.30 Å². The van der Waals surface area contributed by atoms with E-state index >= 15 is 0 Å². The van der Waals surface area contributed by atoms with E-state index in [-0.39, 0.29) is 23.5 Å². The molecule has 0 fully saturated rings. The lowest BCUT2D eigenvalue weighted by Crippen LogP contribution is -2.37. The number of imidazole rings is 1. The van der Waals surface area contributed by atoms with E-state index in [2.05, 4.69) is 4.98 Å². The molecular weight excluding hydrogens is 388 g/mol. The van der Waals surface area contributed by atoms with Gasteiger partial charge in [-0.3, -0.25) is 23.5 Å². The number of aryl methyl sites for hydroxylation is 3. The summed E-state index contributed by atoms with van der Waals surface area (Å²) in [6.45, 7) is 1.23. The Bertz CT molecular complexity index is 1300. The van der Waals surface area contributed by atoms with Crippen LogP contribution in [0, 0.1) is 0 Å². The highest BCUT2D eigenvalue weighted by atomic mass is 16.5. The van der Waals surface area contributed by atoms with Crippen molar-refractivity contribution in [2.75, 3.05) is 0 Å². The zero-order valence-corrected chi connectivity index (χ0v) is 17.0. The molecule has 1 aromatic carbocycles. The first-order valence-corrected chi connectivity index (χ1v) is 9.74. The van der Waals surface area contributed by atoms with Gasteiger partial charge in [-0.25, -0.2) is 9.78 Å². The van der Waals surface area contributed by atoms with Crippen molar-refractivity contribution in [3.8, 4) is 0 Å². The molecule has 1 unspecified atom stereocenters. The number of hydrogen-bond acceptors (Lipinski definition) is 6. The molecule has 0 spiro atoms. The molecule has 2 aromatic heterocycles. The number of ether oxygens (including phenoxy) is 1. The first-order chi connectivity index (χ1) is 14.3. The lowest BCUT2D eigenvalue weighted by atomic mass is 10.0. The number of hydrogen-bond donors (Lipinski definition) is 0. The third-order valence-corrected chi connectivity index (χ3v) is 5.58. The van der Waals surface area contributed by atoms with E-state index in [0.29, 0.717) is 5.56 Å². The molecule has 1 atom stereocenters. The van der Waals surface area contributed by atoms with E-state index in [1.54, 1.807) is 6.07 Å². The van der Waals surface area contributed by atoms with Crippen LogP contribution in [0.1, 0.15) is 34.8 Å². The van der Waals surface area contributed by atoms with E-state index in [4.69, 9.17) is 4.74 Å². The Labute approximate surface area is 171 Å². The van der Waals surface area contributed by atoms with Gasteiger partial charge in [-0.15, -0.1) is 0 Å². The predicted octanol–water partition coefficient (Wildman–Crippen LogP) is 0.737. The molecule has 0 radical (unpaired) electrons. The summed E-state index contributed by atoms with van der Waals surface area (Å²) in [6, 6.07) is 5.61. The van der Waals surface area contributed by atoms with Gasteiger partial charge >= 0.3 is 11.7 Å². The third kappa shape index (κ3) is 3.26. The second-order valence-corrected chi connectivity index (χ2v) is 7.58. The number of nitrogens with zero attached hydrogens (tertiary/aromatic N) is 4. The van der Waals surface area contributed by atoms with Crippen LogP contribution in [0.4, 0.5) is 0 Å². The predicted molar refractivity (Wildman–Crippen MR) is 109 cm³/mol. The van der Waals surface area contributed by atoms with E-state index in [1.165, 1.54) is 47.6 Å². The summed E-state index contributed by atoms with van der Waals surface area (Å²) in [5.74, 6) is -0.945. The highest BCUT2D eigenvalue weighted by molar-refractivity contribution is 6.00. The maximum Gasteiger partial charge on any atom is 0.332 e. The normalized spacial score (nSPS) is 14.0. The molecule has 0 saturated heterocycles. The Morgan fingerprint density at radius 1 is 1.13 bits per heavy atom. The Balaban J connectivity index is 1.52. The van der Waals surface area contributed by atoms with Gasteiger partial charge in [0.2, 0.25) is 5.78 Å². The Hall–Kier alpha value is -3.49. The zero-order chi connectivity index (χ0) is 21.6. The summed E-state index contributed by atoms with van der Waals surface area (Å²) in [5.41, 5.74) is 2.19. The topological polar surface area (TPSA) is 105 Å². The van der Waals surface area contributed by atoms with Crippen molar-refractivity contribution in [1.29, 1.82) is 0 Å². The summed E-state index contributed by atoms with van der Waals surface area (Å²) >= 11 is 0. The molecule has 156 valence electrons. The fourth-order valence-corrected chi connectivity index (χ4v) is 3.90. The second kappa shape index (κ2) is 7.40. The van der Waals surface area contributed by atoms with Gasteiger partial charge in [-0.2, -0.15) is 0 Å². The monoisotopic (exact) mass is 410 g/mol. The van der Waals surface area contributed by atoms with Crippen LogP contribution in [0.5, 0.6) is 0 Å². The Kier molecular flexibility index (Phi) is 4.89. The minimum Gasteiger partial charge on any atom is -0.453 e. The number of carbonyl (C=O) groups excluding carboxylic acids is 2. The molecule has 30 heavy (non-hydrogen) atoms. The quantitative estimate of drug-likeness (QED) is 0.454. The van der Waals surface area contributed by atoms with E-state index in [0.717, 1.165) is 23.8 Å². The largest absolute Gasteiger partial charge is 0.453 e. The molecule has 1 aliphatic carbocycles. The number of benzene rings is 1. The van der Waals surface area contributed by atoms with Crippen LogP contribution in [0.25, 0.3) is 11.2 Å². The van der Waals surface area contributed by atoms with Gasteiger partial charge in [-0.1, -0.05) is 12.1 Å². The first kappa shape index (κ1) is 19.8. The van der Waals surface area contributed by atoms with Crippen LogP contribution in [0.15, 0.2) is 34.1 Å². The van der Waals surface area contributed by atoms with Crippen molar-refractivity contribution >= 4 is 22.9 Å². The Morgan fingerprint density at radius 3 is 2.63 bits per heavy atom. The first-order valence-electron chi connectivity index (χ1n) is 9.74. The van der Waals surface area contributed by atoms with Crippen molar-refractivity contribution in [2.24, 2.45) is 14.1 Å². The number of carbonyl (C=O) groups is 2. The molecule has 9 nitrogen and oxygen atoms in total. The van der Waals surface area contributed by atoms with Crippen LogP contribution in [0.3, 0.4) is 0 Å². The molecule has 0 aliphatic heterocycles. The molecule has 2 heterocycles. The highest BCUT2D eigenvalue weighted by Crippen LogP contribution is 2.23. The fourth-order valence-electron chi connectivity index (χ4n) is 3.90. The summed E-state index contributed by atoms with van der Waals surface area (Å²) < 4.78 is 8.83. The number of ketones is 1. The van der Waals surface area contributed by atoms with E-state index in [9.17, 15) is 19.2 Å². The third-order valence-electron chi connectivity index (χ3n) is 5.58. The van der Waals surface area contributed by atoms with Crippen LogP contribution in [0.2, 0.25) is 0 Å². The van der Waals surface area contributed by atoms with Gasteiger partial charge in [0.25, 0.3) is 5.56 Å². The summed E-state index contributed by atoms with van der Waals surface area (Å²) in [4.78, 5) is 53.7. The minimum absolute atomic E-state index is 0.120. The van der Waals surface area contributed by atoms with Crippen molar-refractivity contribution in [1.82, 2.24) is 18.7 Å². The number of fused-ring (bicyclic) bond motifs is 2. The summed E-state index contributed by atoms with van der Waals surface area (Å²) in [6.07, 6.45) is 3.41. The lowest BCUT2D eigenvalue weighted by molar-refractivity contribution is -0.146. The number of aromatic nitrogens is 4. The molecule has 0 saturated carbocycles. The molecule has 1 aliphatic rings. The molecule has 9 heteroatoms. The maximum atomic E-state index is 12.7. The van der Waals surface area contributed by atoms with E-state index < -0.39 is 23.3 Å². The molecule has 0 bridgehead atoms. The van der Waals surface area contributed by atoms with Crippen molar-refractivity contribution in [3.05, 3.63) is 62.1 Å². The van der Waals surface area contributed by atoms with Gasteiger partial charge in [-0.05, 0) is 43.4 Å². The molecule has 3 aromatic rings. The molecule has 0 amide bonds. The Morgan fingerprint density at radius 2 is 1.87 bits per heavy atom. The van der Waals surface area contributed by atoms with Crippen LogP contribution in [-0.4, -0.2) is 36.5 Å². The average molecular weight is 410 g/mol. The SMILES string of the molecule is CC(OC(=O)Cn1cnc2c1c(=O)n(C)c(=O)n2C)C(=O)c1ccc2c(c1)CCC2. The summed E-state index contributed by atoms with van der Waals surface area (Å²) in [7, 11) is 2.86. The minimum atomic E-state index is -0.959. The van der Waals surface area contributed by atoms with E-state index in [1.807, 2.05) is 12.1 Å². The number of esters is 1. The molecular formula is C21H22N4O5. The van der Waals surface area contributed by atoms with Gasteiger partial charge in [0.1, 0.15) is 6.54 Å². The van der Waals surface area contributed by atoms with Gasteiger partial charge in [0, 0.05) is 19.7 Å². The maximum absolute atomic E-state index is 12.7. The lowest BCUT2D eigenvalue weighted by Gasteiger charge is -2.14. The smallest absolute Gasteiger partial charge is 0.332 e. The highest BCUT2D eigenvalue weighted by Gasteiger charge is 2.23. The van der Waals surface area contributed by atoms with Crippen molar-refractivity contribution in [2.45, 2.75) is 38.8 Å². The molecule has 0 N–H and O–H groups in total. The standard InChI is InChI=1S/C21H22N4O5/c1-12(18(27)15-8-7-13-5-4-6-14(13)9-15)30-16(26)10-25-11-22-19-17(25)20(28)24(3)21(29)23(19)2/h7-9,11-12H,4-6,10H2,1-3H3. The van der Waals surface area contributed by atoms with Crippen LogP contribution >= 0.6 is 0 Å². The van der Waals surface area contributed by atoms with Crippen molar-refractivity contribution < 1.29 is 14.3 Å². The number of rotatable bonds is 5. The number of Topliss-reactive ketones (excluding diaryl/α,β-unsaturated/α-hetero) is 1. The van der Waals surface area contributed by atoms with Gasteiger partial charge in [0.05, 0.1) is 6.33 Å². The summed E-state index contributed by atoms with van der Waals surface area (Å²) in [5, 5.41) is 0. The van der Waals surface area contributed by atoms with Crippen molar-refractivity contribution in [3.63, 3.8) is 0 Å². The second-order valence-electron chi connectivity index (χ2n) is 7.58.